The molecule has 3 aromatic heterocycles. The molecule has 34 heavy (non-hydrogen) atoms. The number of nitrogens with zero attached hydrogens (tertiary/aromatic N) is 5. The Hall–Kier alpha value is -3.20. The molecule has 180 valence electrons. The Morgan fingerprint density at radius 3 is 2.50 bits per heavy atom. The number of rotatable bonds is 5. The van der Waals surface area contributed by atoms with Crippen molar-refractivity contribution in [2.24, 2.45) is 5.92 Å². The summed E-state index contributed by atoms with van der Waals surface area (Å²) in [5.74, 6) is -0.0954. The van der Waals surface area contributed by atoms with Gasteiger partial charge in [0.05, 0.1) is 22.8 Å². The first-order chi connectivity index (χ1) is 15.9. The van der Waals surface area contributed by atoms with Gasteiger partial charge in [-0.3, -0.25) is 14.4 Å². The summed E-state index contributed by atoms with van der Waals surface area (Å²) in [6.45, 7) is 12.0. The summed E-state index contributed by atoms with van der Waals surface area (Å²) in [7, 11) is 0. The maximum atomic E-state index is 13.5. The lowest BCUT2D eigenvalue weighted by Crippen LogP contribution is -2.37. The van der Waals surface area contributed by atoms with Gasteiger partial charge < -0.3 is 14.8 Å². The molecule has 0 spiro atoms. The van der Waals surface area contributed by atoms with E-state index in [2.05, 4.69) is 15.4 Å². The van der Waals surface area contributed by atoms with E-state index in [0.717, 1.165) is 0 Å². The van der Waals surface area contributed by atoms with E-state index in [1.54, 1.807) is 27.7 Å². The van der Waals surface area contributed by atoms with Crippen LogP contribution in [0.1, 0.15) is 63.3 Å². The normalized spacial score (nSPS) is 14.7. The number of carbonyl (C=O) groups is 2. The van der Waals surface area contributed by atoms with Crippen molar-refractivity contribution in [3.05, 3.63) is 56.7 Å². The number of pyridine rings is 1. The third kappa shape index (κ3) is 4.20. The minimum atomic E-state index is -0.385. The molecule has 0 unspecified atom stereocenters. The van der Waals surface area contributed by atoms with Crippen LogP contribution < -0.4 is 10.9 Å². The first-order valence-electron chi connectivity index (χ1n) is 11.3. The van der Waals surface area contributed by atoms with Crippen molar-refractivity contribution >= 4 is 34.9 Å². The van der Waals surface area contributed by atoms with Gasteiger partial charge in [0.2, 0.25) is 5.91 Å². The number of carbonyl (C=O) groups excluding carboxylic acids is 2. The third-order valence-corrected chi connectivity index (χ3v) is 6.51. The van der Waals surface area contributed by atoms with Gasteiger partial charge in [0.25, 0.3) is 11.5 Å². The van der Waals surface area contributed by atoms with Gasteiger partial charge in [-0.15, -0.1) is 0 Å². The molecule has 0 aliphatic carbocycles. The van der Waals surface area contributed by atoms with Crippen molar-refractivity contribution in [1.82, 2.24) is 24.1 Å². The molecule has 3 aromatic rings. The predicted molar refractivity (Wildman–Crippen MR) is 130 cm³/mol. The van der Waals surface area contributed by atoms with E-state index in [0.29, 0.717) is 27.7 Å². The lowest BCUT2D eigenvalue weighted by Gasteiger charge is -2.27. The number of nitrogens with one attached hydrogen (secondary N) is 1. The highest BCUT2D eigenvalue weighted by atomic mass is 35.5. The Balaban J connectivity index is 1.83. The van der Waals surface area contributed by atoms with Crippen molar-refractivity contribution in [1.29, 1.82) is 0 Å². The quantitative estimate of drug-likeness (QED) is 0.597. The zero-order valence-corrected chi connectivity index (χ0v) is 21.0. The van der Waals surface area contributed by atoms with Gasteiger partial charge in [-0.25, -0.2) is 4.98 Å². The Morgan fingerprint density at radius 2 is 1.91 bits per heavy atom. The highest BCUT2D eigenvalue weighted by Gasteiger charge is 2.38. The summed E-state index contributed by atoms with van der Waals surface area (Å²) in [6.07, 6.45) is 1.44. The van der Waals surface area contributed by atoms with E-state index in [1.807, 2.05) is 41.5 Å². The van der Waals surface area contributed by atoms with Crippen molar-refractivity contribution < 1.29 is 9.59 Å². The summed E-state index contributed by atoms with van der Waals surface area (Å²) in [4.78, 5) is 45.7. The summed E-state index contributed by atoms with van der Waals surface area (Å²) >= 11 is 5.88. The van der Waals surface area contributed by atoms with Crippen LogP contribution in [0.4, 0.5) is 5.82 Å². The molecule has 0 saturated carbocycles. The molecular weight excluding hydrogens is 456 g/mol. The van der Waals surface area contributed by atoms with Gasteiger partial charge in [0, 0.05) is 23.7 Å². The lowest BCUT2D eigenvalue weighted by atomic mass is 9.93. The van der Waals surface area contributed by atoms with Crippen molar-refractivity contribution in [2.75, 3.05) is 5.32 Å². The standard InChI is InChI=1S/C24H29ClN6O3/c1-13(2)14(3)29-11-16-21(23(29)34)30(12-19(32)27-18-8-7-15(25)10-26-18)20-9-17(24(4,5)6)28-31(20)22(16)33/h7-10,13-14H,11-12H2,1-6H3,(H,26,27,32)/t14-/m0/s1. The van der Waals surface area contributed by atoms with Crippen LogP contribution in [0.15, 0.2) is 29.2 Å². The third-order valence-electron chi connectivity index (χ3n) is 6.29. The van der Waals surface area contributed by atoms with E-state index < -0.39 is 0 Å². The van der Waals surface area contributed by atoms with Gasteiger partial charge >= 0.3 is 0 Å². The van der Waals surface area contributed by atoms with Gasteiger partial charge in [0.1, 0.15) is 23.7 Å². The fourth-order valence-corrected chi connectivity index (χ4v) is 4.09. The molecule has 4 rings (SSSR count). The predicted octanol–water partition coefficient (Wildman–Crippen LogP) is 3.48. The molecular formula is C24H29ClN6O3. The fourth-order valence-electron chi connectivity index (χ4n) is 3.98. The second-order valence-corrected chi connectivity index (χ2v) is 10.5. The molecule has 2 amide bonds. The maximum Gasteiger partial charge on any atom is 0.280 e. The van der Waals surface area contributed by atoms with Gasteiger partial charge in [-0.1, -0.05) is 46.2 Å². The first kappa shape index (κ1) is 23.9. The topological polar surface area (TPSA) is 102 Å². The van der Waals surface area contributed by atoms with Crippen molar-refractivity contribution in [2.45, 2.75) is 66.1 Å². The number of anilines is 1. The summed E-state index contributed by atoms with van der Waals surface area (Å²) in [5, 5.41) is 7.73. The van der Waals surface area contributed by atoms with E-state index in [4.69, 9.17) is 11.6 Å². The first-order valence-corrected chi connectivity index (χ1v) is 11.6. The molecule has 10 heteroatoms. The maximum absolute atomic E-state index is 13.5. The molecule has 0 aromatic carbocycles. The van der Waals surface area contributed by atoms with Crippen LogP contribution in [0.25, 0.3) is 5.65 Å². The molecule has 0 saturated heterocycles. The SMILES string of the molecule is CC(C)[C@H](C)N1Cc2c(n(CC(=O)Nc3ccc(Cl)cn3)c3cc(C(C)(C)C)nn3c2=O)C1=O. The largest absolute Gasteiger partial charge is 0.330 e. The Bertz CT molecular complexity index is 1330. The van der Waals surface area contributed by atoms with Gasteiger partial charge in [-0.2, -0.15) is 9.61 Å². The number of hydrogen-bond acceptors (Lipinski definition) is 5. The van der Waals surface area contributed by atoms with E-state index in [9.17, 15) is 14.4 Å². The van der Waals surface area contributed by atoms with Crippen LogP contribution in [0.2, 0.25) is 5.02 Å². The molecule has 0 radical (unpaired) electrons. The molecule has 1 aliphatic rings. The molecule has 1 atom stereocenters. The average molecular weight is 485 g/mol. The van der Waals surface area contributed by atoms with E-state index >= 15 is 0 Å². The van der Waals surface area contributed by atoms with Crippen LogP contribution in [-0.4, -0.2) is 41.9 Å². The van der Waals surface area contributed by atoms with Crippen molar-refractivity contribution in [3.63, 3.8) is 0 Å². The number of halogens is 1. The second-order valence-electron chi connectivity index (χ2n) is 10.1. The molecule has 1 aliphatic heterocycles. The summed E-state index contributed by atoms with van der Waals surface area (Å²) < 4.78 is 2.91. The summed E-state index contributed by atoms with van der Waals surface area (Å²) in [6, 6.07) is 4.93. The van der Waals surface area contributed by atoms with Gasteiger partial charge in [-0.05, 0) is 25.0 Å². The fraction of sp³-hybridized carbons (Fsp3) is 0.458. The minimum absolute atomic E-state index is 0.0719. The highest BCUT2D eigenvalue weighted by molar-refractivity contribution is 6.30. The lowest BCUT2D eigenvalue weighted by molar-refractivity contribution is -0.116. The molecule has 1 N–H and O–H groups in total. The summed E-state index contributed by atoms with van der Waals surface area (Å²) in [5.41, 5.74) is 1.04. The van der Waals surface area contributed by atoms with E-state index in [1.165, 1.54) is 10.7 Å². The Kier molecular flexibility index (Phi) is 6.01. The Morgan fingerprint density at radius 1 is 1.21 bits per heavy atom. The molecule has 9 nitrogen and oxygen atoms in total. The van der Waals surface area contributed by atoms with E-state index in [-0.39, 0.29) is 53.5 Å². The second kappa shape index (κ2) is 8.54. The minimum Gasteiger partial charge on any atom is -0.330 e. The van der Waals surface area contributed by atoms with Gasteiger partial charge in [0.15, 0.2) is 0 Å². The monoisotopic (exact) mass is 484 g/mol. The average Bonchev–Trinajstić information content (AvgIpc) is 3.35. The zero-order chi connectivity index (χ0) is 24.9. The number of fused-ring (bicyclic) bond motifs is 2. The zero-order valence-electron chi connectivity index (χ0n) is 20.2. The van der Waals surface area contributed by atoms with Crippen LogP contribution in [0.5, 0.6) is 0 Å². The Labute approximate surface area is 202 Å². The van der Waals surface area contributed by atoms with Crippen LogP contribution in [0.3, 0.4) is 0 Å². The van der Waals surface area contributed by atoms with Crippen molar-refractivity contribution in [3.8, 4) is 0 Å². The van der Waals surface area contributed by atoms with Crippen LogP contribution in [-0.2, 0) is 23.3 Å². The molecule has 0 fully saturated rings. The number of amides is 2. The highest BCUT2D eigenvalue weighted by Crippen LogP contribution is 2.28. The van der Waals surface area contributed by atoms with Crippen LogP contribution >= 0.6 is 11.6 Å². The number of aromatic nitrogens is 4. The smallest absolute Gasteiger partial charge is 0.280 e. The molecule has 4 heterocycles. The number of hydrogen-bond donors (Lipinski definition) is 1. The van der Waals surface area contributed by atoms with Crippen LogP contribution in [0, 0.1) is 5.92 Å². The molecule has 0 bridgehead atoms.